The lowest BCUT2D eigenvalue weighted by molar-refractivity contribution is -0.385. The fourth-order valence-corrected chi connectivity index (χ4v) is 3.08. The molecule has 2 aromatic rings. The molecule has 0 unspecified atom stereocenters. The van der Waals surface area contributed by atoms with E-state index in [9.17, 15) is 27.3 Å². The van der Waals surface area contributed by atoms with Gasteiger partial charge in [0.1, 0.15) is 5.75 Å². The van der Waals surface area contributed by atoms with Crippen molar-refractivity contribution in [2.45, 2.75) is 25.0 Å². The summed E-state index contributed by atoms with van der Waals surface area (Å²) in [4.78, 5) is 9.99. The summed E-state index contributed by atoms with van der Waals surface area (Å²) >= 11 is 0. The second-order valence-corrected chi connectivity index (χ2v) is 6.82. The summed E-state index contributed by atoms with van der Waals surface area (Å²) in [6.45, 7) is -1.68. The Morgan fingerprint density at radius 1 is 1.24 bits per heavy atom. The SMILES string of the molecule is Cc1ccc(S(=O)(=O)NCc2cccc(OC(F)F)c2)cc1[N+](=O)[O-]. The molecule has 0 bridgehead atoms. The third kappa shape index (κ3) is 4.94. The molecule has 10 heteroatoms. The molecule has 25 heavy (non-hydrogen) atoms. The summed E-state index contributed by atoms with van der Waals surface area (Å²) in [5.41, 5.74) is 0.416. The molecule has 0 heterocycles. The van der Waals surface area contributed by atoms with E-state index in [1.165, 1.54) is 43.3 Å². The third-order valence-corrected chi connectivity index (χ3v) is 4.68. The number of hydrogen-bond donors (Lipinski definition) is 1. The standard InChI is InChI=1S/C15H14F2N2O5S/c1-10-5-6-13(8-14(10)19(20)21)25(22,23)18-9-11-3-2-4-12(7-11)24-15(16)17/h2-8,15,18H,9H2,1H3. The lowest BCUT2D eigenvalue weighted by Gasteiger charge is -2.09. The second kappa shape index (κ2) is 7.53. The predicted molar refractivity (Wildman–Crippen MR) is 84.9 cm³/mol. The highest BCUT2D eigenvalue weighted by Gasteiger charge is 2.19. The number of hydrogen-bond acceptors (Lipinski definition) is 5. The first-order valence-corrected chi connectivity index (χ1v) is 8.46. The number of nitro groups is 1. The quantitative estimate of drug-likeness (QED) is 0.595. The van der Waals surface area contributed by atoms with Crippen LogP contribution in [-0.2, 0) is 16.6 Å². The average Bonchev–Trinajstić information content (AvgIpc) is 2.53. The summed E-state index contributed by atoms with van der Waals surface area (Å²) in [7, 11) is -4.01. The van der Waals surface area contributed by atoms with Gasteiger partial charge in [-0.3, -0.25) is 10.1 Å². The lowest BCUT2D eigenvalue weighted by Crippen LogP contribution is -2.23. The highest BCUT2D eigenvalue weighted by Crippen LogP contribution is 2.22. The van der Waals surface area contributed by atoms with Crippen LogP contribution in [0.4, 0.5) is 14.5 Å². The fourth-order valence-electron chi connectivity index (χ4n) is 2.05. The number of ether oxygens (including phenoxy) is 1. The van der Waals surface area contributed by atoms with Crippen LogP contribution in [-0.4, -0.2) is 20.0 Å². The molecule has 0 aliphatic heterocycles. The summed E-state index contributed by atoms with van der Waals surface area (Å²) in [6, 6.07) is 9.11. The summed E-state index contributed by atoms with van der Waals surface area (Å²) in [6.07, 6.45) is 0. The largest absolute Gasteiger partial charge is 0.435 e. The number of nitro benzene ring substituents is 1. The molecule has 0 radical (unpaired) electrons. The first-order valence-electron chi connectivity index (χ1n) is 6.97. The van der Waals surface area contributed by atoms with Gasteiger partial charge in [-0.25, -0.2) is 13.1 Å². The zero-order valence-corrected chi connectivity index (χ0v) is 13.8. The molecule has 7 nitrogen and oxygen atoms in total. The minimum atomic E-state index is -4.01. The Bertz CT molecular complexity index is 887. The van der Waals surface area contributed by atoms with Gasteiger partial charge in [0.25, 0.3) is 5.69 Å². The maximum absolute atomic E-state index is 12.3. The molecule has 0 atom stereocenters. The zero-order valence-electron chi connectivity index (χ0n) is 13.0. The molecule has 134 valence electrons. The molecule has 0 aliphatic rings. The molecule has 0 aliphatic carbocycles. The second-order valence-electron chi connectivity index (χ2n) is 5.06. The van der Waals surface area contributed by atoms with Crippen LogP contribution in [0.2, 0.25) is 0 Å². The van der Waals surface area contributed by atoms with Gasteiger partial charge in [0.2, 0.25) is 10.0 Å². The van der Waals surface area contributed by atoms with Crippen LogP contribution >= 0.6 is 0 Å². The maximum Gasteiger partial charge on any atom is 0.387 e. The maximum atomic E-state index is 12.3. The van der Waals surface area contributed by atoms with Crippen molar-refractivity contribution in [1.82, 2.24) is 4.72 Å². The number of aryl methyl sites for hydroxylation is 1. The predicted octanol–water partition coefficient (Wildman–Crippen LogP) is 2.98. The summed E-state index contributed by atoms with van der Waals surface area (Å²) in [5, 5.41) is 10.9. The Morgan fingerprint density at radius 3 is 2.60 bits per heavy atom. The smallest absolute Gasteiger partial charge is 0.387 e. The van der Waals surface area contributed by atoms with Crippen LogP contribution in [0.25, 0.3) is 0 Å². The van der Waals surface area contributed by atoms with E-state index in [1.54, 1.807) is 0 Å². The molecule has 2 rings (SSSR count). The first-order chi connectivity index (χ1) is 11.7. The van der Waals surface area contributed by atoms with Crippen LogP contribution in [0.5, 0.6) is 5.75 Å². The molecule has 0 spiro atoms. The topological polar surface area (TPSA) is 98.5 Å². The van der Waals surface area contributed by atoms with E-state index in [1.807, 2.05) is 0 Å². The number of halogens is 2. The van der Waals surface area contributed by atoms with E-state index in [4.69, 9.17) is 0 Å². The van der Waals surface area contributed by atoms with Crippen molar-refractivity contribution in [2.75, 3.05) is 0 Å². The molecular formula is C15H14F2N2O5S. The molecule has 0 saturated heterocycles. The van der Waals surface area contributed by atoms with Gasteiger partial charge >= 0.3 is 6.61 Å². The summed E-state index contributed by atoms with van der Waals surface area (Å²) in [5.74, 6) is -0.0994. The van der Waals surface area contributed by atoms with Crippen molar-refractivity contribution < 1.29 is 26.9 Å². The molecule has 2 aromatic carbocycles. The highest BCUT2D eigenvalue weighted by molar-refractivity contribution is 7.89. The van der Waals surface area contributed by atoms with E-state index >= 15 is 0 Å². The van der Waals surface area contributed by atoms with E-state index < -0.39 is 21.6 Å². The Hall–Kier alpha value is -2.59. The highest BCUT2D eigenvalue weighted by atomic mass is 32.2. The Labute approximate surface area is 142 Å². The molecule has 0 amide bonds. The van der Waals surface area contributed by atoms with Gasteiger partial charge in [0.15, 0.2) is 0 Å². The van der Waals surface area contributed by atoms with E-state index in [0.29, 0.717) is 11.1 Å². The van der Waals surface area contributed by atoms with Crippen molar-refractivity contribution in [1.29, 1.82) is 0 Å². The van der Waals surface area contributed by atoms with Gasteiger partial charge in [-0.2, -0.15) is 8.78 Å². The minimum absolute atomic E-state index is 0.0994. The lowest BCUT2D eigenvalue weighted by atomic mass is 10.2. The number of rotatable bonds is 7. The van der Waals surface area contributed by atoms with Gasteiger partial charge in [0.05, 0.1) is 9.82 Å². The van der Waals surface area contributed by atoms with Crippen molar-refractivity contribution in [3.8, 4) is 5.75 Å². The third-order valence-electron chi connectivity index (χ3n) is 3.28. The van der Waals surface area contributed by atoms with Gasteiger partial charge in [-0.1, -0.05) is 18.2 Å². The van der Waals surface area contributed by atoms with Crippen LogP contribution in [0, 0.1) is 17.0 Å². The minimum Gasteiger partial charge on any atom is -0.435 e. The Balaban J connectivity index is 2.17. The first kappa shape index (κ1) is 18.7. The van der Waals surface area contributed by atoms with Crippen molar-refractivity contribution >= 4 is 15.7 Å². The Morgan fingerprint density at radius 2 is 1.96 bits per heavy atom. The van der Waals surface area contributed by atoms with Gasteiger partial charge in [-0.05, 0) is 30.7 Å². The number of nitrogens with zero attached hydrogens (tertiary/aromatic N) is 1. The van der Waals surface area contributed by atoms with Crippen molar-refractivity contribution in [3.05, 3.63) is 63.7 Å². The average molecular weight is 372 g/mol. The summed E-state index contributed by atoms with van der Waals surface area (Å²) < 4.78 is 55.4. The zero-order chi connectivity index (χ0) is 18.6. The van der Waals surface area contributed by atoms with Crippen LogP contribution in [0.1, 0.15) is 11.1 Å². The van der Waals surface area contributed by atoms with E-state index in [2.05, 4.69) is 9.46 Å². The van der Waals surface area contributed by atoms with Gasteiger partial charge < -0.3 is 4.74 Å². The number of benzene rings is 2. The van der Waals surface area contributed by atoms with Crippen molar-refractivity contribution in [2.24, 2.45) is 0 Å². The monoisotopic (exact) mass is 372 g/mol. The Kier molecular flexibility index (Phi) is 5.65. The number of sulfonamides is 1. The van der Waals surface area contributed by atoms with Gasteiger partial charge in [-0.15, -0.1) is 0 Å². The molecule has 0 saturated carbocycles. The molecule has 0 aromatic heterocycles. The number of alkyl halides is 2. The normalized spacial score (nSPS) is 11.5. The van der Waals surface area contributed by atoms with Crippen molar-refractivity contribution in [3.63, 3.8) is 0 Å². The van der Waals surface area contributed by atoms with Crippen LogP contribution in [0.15, 0.2) is 47.4 Å². The molecule has 1 N–H and O–H groups in total. The fraction of sp³-hybridized carbons (Fsp3) is 0.200. The number of nitrogens with one attached hydrogen (secondary N) is 1. The van der Waals surface area contributed by atoms with Gasteiger partial charge in [0, 0.05) is 18.2 Å². The van der Waals surface area contributed by atoms with E-state index in [0.717, 1.165) is 6.07 Å². The van der Waals surface area contributed by atoms with Crippen LogP contribution in [0.3, 0.4) is 0 Å². The van der Waals surface area contributed by atoms with Crippen LogP contribution < -0.4 is 9.46 Å². The molecule has 0 fully saturated rings. The van der Waals surface area contributed by atoms with E-state index in [-0.39, 0.29) is 22.9 Å². The molecular weight excluding hydrogens is 358 g/mol.